The Labute approximate surface area is 162 Å². The van der Waals surface area contributed by atoms with Crippen molar-refractivity contribution in [3.8, 4) is 33.9 Å². The van der Waals surface area contributed by atoms with E-state index in [1.54, 1.807) is 24.8 Å². The number of H-pyrrole nitrogens is 2. The summed E-state index contributed by atoms with van der Waals surface area (Å²) in [6.45, 7) is 3.78. The van der Waals surface area contributed by atoms with Crippen LogP contribution in [0, 0.1) is 0 Å². The number of nitrogens with one attached hydrogen (secondary N) is 2. The van der Waals surface area contributed by atoms with Crippen LogP contribution in [0.5, 0.6) is 0 Å². The first-order chi connectivity index (χ1) is 13.5. The fourth-order valence-corrected chi connectivity index (χ4v) is 2.84. The van der Waals surface area contributed by atoms with E-state index >= 15 is 0 Å². The number of aromatic nitrogens is 6. The summed E-state index contributed by atoms with van der Waals surface area (Å²) in [6, 6.07) is 7.58. The Morgan fingerprint density at radius 3 is 1.36 bits per heavy atom. The first-order valence-corrected chi connectivity index (χ1v) is 9.05. The smallest absolute Gasteiger partial charge is 0.123 e. The van der Waals surface area contributed by atoms with Crippen LogP contribution in [-0.4, -0.2) is 29.9 Å². The van der Waals surface area contributed by atoms with Crippen molar-refractivity contribution in [1.29, 1.82) is 0 Å². The lowest BCUT2D eigenvalue weighted by Crippen LogP contribution is -2.06. The zero-order valence-electron chi connectivity index (χ0n) is 15.7. The molecule has 0 radical (unpaired) electrons. The van der Waals surface area contributed by atoms with Gasteiger partial charge in [0.25, 0.3) is 0 Å². The molecule has 0 saturated heterocycles. The maximum atomic E-state index is 5.85. The predicted molar refractivity (Wildman–Crippen MR) is 108 cm³/mol. The first-order valence-electron chi connectivity index (χ1n) is 9.05. The van der Waals surface area contributed by atoms with Crippen LogP contribution in [0.1, 0.15) is 37.6 Å². The highest BCUT2D eigenvalue weighted by atomic mass is 15.0. The zero-order valence-corrected chi connectivity index (χ0v) is 15.7. The molecule has 0 saturated carbocycles. The largest absolute Gasteiger partial charge is 0.341 e. The quantitative estimate of drug-likeness (QED) is 0.424. The van der Waals surface area contributed by atoms with E-state index in [2.05, 4.69) is 29.9 Å². The van der Waals surface area contributed by atoms with E-state index in [9.17, 15) is 0 Å². The van der Waals surface area contributed by atoms with Crippen molar-refractivity contribution in [2.24, 2.45) is 11.5 Å². The molecular weight excluding hydrogens is 352 g/mol. The van der Waals surface area contributed by atoms with E-state index in [1.807, 2.05) is 38.1 Å². The molecule has 0 bridgehead atoms. The molecule has 0 unspecified atom stereocenters. The predicted octanol–water partition coefficient (Wildman–Crippen LogP) is 2.96. The lowest BCUT2D eigenvalue weighted by molar-refractivity contribution is 0.756. The van der Waals surface area contributed by atoms with Crippen LogP contribution >= 0.6 is 0 Å². The molecular formula is C20H22N8. The number of nitrogens with two attached hydrogens (primary N) is 2. The van der Waals surface area contributed by atoms with Gasteiger partial charge in [-0.2, -0.15) is 0 Å². The van der Waals surface area contributed by atoms with Gasteiger partial charge in [-0.1, -0.05) is 0 Å². The first kappa shape index (κ1) is 18.0. The summed E-state index contributed by atoms with van der Waals surface area (Å²) >= 11 is 0. The number of pyridine rings is 2. The molecule has 0 amide bonds. The molecule has 0 aliphatic heterocycles. The Morgan fingerprint density at radius 2 is 1.07 bits per heavy atom. The normalized spacial score (nSPS) is 13.4. The standard InChI is InChI=1S/C20H22N8/c1-11(21)19-25-9-17(27-19)13-3-5-15(23-7-13)16-6-4-14(8-24-16)18-10-26-20(28-18)12(2)22/h3-12H,21-22H2,1-2H3,(H,25,27)(H,26,28)/t11-,12-/m0/s1. The van der Waals surface area contributed by atoms with Gasteiger partial charge in [0.15, 0.2) is 0 Å². The van der Waals surface area contributed by atoms with Gasteiger partial charge in [0.1, 0.15) is 11.6 Å². The lowest BCUT2D eigenvalue weighted by Gasteiger charge is -2.04. The third kappa shape index (κ3) is 3.55. The monoisotopic (exact) mass is 374 g/mol. The lowest BCUT2D eigenvalue weighted by atomic mass is 10.1. The van der Waals surface area contributed by atoms with E-state index < -0.39 is 0 Å². The van der Waals surface area contributed by atoms with Gasteiger partial charge in [0.05, 0.1) is 47.3 Å². The van der Waals surface area contributed by atoms with Crippen molar-refractivity contribution in [2.75, 3.05) is 0 Å². The minimum atomic E-state index is -0.136. The Balaban J connectivity index is 1.54. The van der Waals surface area contributed by atoms with Crippen LogP contribution in [0.2, 0.25) is 0 Å². The van der Waals surface area contributed by atoms with Crippen LogP contribution in [-0.2, 0) is 0 Å². The van der Waals surface area contributed by atoms with Crippen LogP contribution < -0.4 is 11.5 Å². The molecule has 28 heavy (non-hydrogen) atoms. The summed E-state index contributed by atoms with van der Waals surface area (Å²) in [4.78, 5) is 24.1. The molecule has 8 nitrogen and oxygen atoms in total. The average Bonchev–Trinajstić information content (AvgIpc) is 3.38. The van der Waals surface area contributed by atoms with Crippen molar-refractivity contribution in [3.05, 3.63) is 60.7 Å². The highest BCUT2D eigenvalue weighted by Gasteiger charge is 2.10. The molecule has 142 valence electrons. The number of imidazole rings is 2. The highest BCUT2D eigenvalue weighted by Crippen LogP contribution is 2.23. The van der Waals surface area contributed by atoms with Crippen molar-refractivity contribution >= 4 is 0 Å². The zero-order chi connectivity index (χ0) is 19.7. The van der Waals surface area contributed by atoms with E-state index in [1.165, 1.54) is 0 Å². The Bertz CT molecular complexity index is 971. The summed E-state index contributed by atoms with van der Waals surface area (Å²) in [5, 5.41) is 0. The second kappa shape index (κ2) is 7.34. The van der Waals surface area contributed by atoms with Crippen LogP contribution in [0.25, 0.3) is 33.9 Å². The topological polar surface area (TPSA) is 135 Å². The molecule has 4 aromatic heterocycles. The molecule has 4 heterocycles. The molecule has 4 rings (SSSR count). The van der Waals surface area contributed by atoms with E-state index in [-0.39, 0.29) is 12.1 Å². The van der Waals surface area contributed by atoms with Gasteiger partial charge in [-0.25, -0.2) is 9.97 Å². The number of hydrogen-bond donors (Lipinski definition) is 4. The summed E-state index contributed by atoms with van der Waals surface area (Å²) in [5.74, 6) is 1.50. The maximum absolute atomic E-state index is 5.85. The fraction of sp³-hybridized carbons (Fsp3) is 0.200. The van der Waals surface area contributed by atoms with Crippen molar-refractivity contribution in [3.63, 3.8) is 0 Å². The van der Waals surface area contributed by atoms with Crippen molar-refractivity contribution in [2.45, 2.75) is 25.9 Å². The van der Waals surface area contributed by atoms with E-state index in [0.717, 1.165) is 45.6 Å². The Hall–Kier alpha value is -3.36. The summed E-state index contributed by atoms with van der Waals surface area (Å²) in [5.41, 5.74) is 16.9. The maximum Gasteiger partial charge on any atom is 0.123 e. The van der Waals surface area contributed by atoms with Gasteiger partial charge in [0.2, 0.25) is 0 Å². The number of hydrogen-bond acceptors (Lipinski definition) is 6. The van der Waals surface area contributed by atoms with Gasteiger partial charge in [-0.15, -0.1) is 0 Å². The molecule has 0 aliphatic rings. The van der Waals surface area contributed by atoms with E-state index in [4.69, 9.17) is 11.5 Å². The third-order valence-corrected chi connectivity index (χ3v) is 4.46. The summed E-state index contributed by atoms with van der Waals surface area (Å²) in [7, 11) is 0. The third-order valence-electron chi connectivity index (χ3n) is 4.46. The number of nitrogens with zero attached hydrogens (tertiary/aromatic N) is 4. The van der Waals surface area contributed by atoms with Gasteiger partial charge >= 0.3 is 0 Å². The SMILES string of the molecule is C[C@H](N)c1ncc(-c2ccc(-c3ccc(-c4cnc([C@H](C)N)[nH]4)cn3)nc2)[nH]1. The van der Waals surface area contributed by atoms with Gasteiger partial charge in [0, 0.05) is 23.5 Å². The van der Waals surface area contributed by atoms with Gasteiger partial charge in [-0.05, 0) is 38.1 Å². The minimum Gasteiger partial charge on any atom is -0.341 e. The summed E-state index contributed by atoms with van der Waals surface area (Å²) < 4.78 is 0. The van der Waals surface area contributed by atoms with Crippen LogP contribution in [0.15, 0.2) is 49.1 Å². The molecule has 0 spiro atoms. The van der Waals surface area contributed by atoms with Gasteiger partial charge in [-0.3, -0.25) is 9.97 Å². The molecule has 0 aromatic carbocycles. The second-order valence-electron chi connectivity index (χ2n) is 6.81. The van der Waals surface area contributed by atoms with E-state index in [0.29, 0.717) is 0 Å². The molecule has 8 heteroatoms. The molecule has 6 N–H and O–H groups in total. The second-order valence-corrected chi connectivity index (χ2v) is 6.81. The molecule has 0 fully saturated rings. The van der Waals surface area contributed by atoms with Gasteiger partial charge < -0.3 is 21.4 Å². The number of aromatic amines is 2. The summed E-state index contributed by atoms with van der Waals surface area (Å²) in [6.07, 6.45) is 7.13. The van der Waals surface area contributed by atoms with Crippen LogP contribution in [0.4, 0.5) is 0 Å². The highest BCUT2D eigenvalue weighted by molar-refractivity contribution is 5.65. The minimum absolute atomic E-state index is 0.136. The molecule has 2 atom stereocenters. The molecule has 0 aliphatic carbocycles. The van der Waals surface area contributed by atoms with Crippen LogP contribution in [0.3, 0.4) is 0 Å². The molecule has 4 aromatic rings. The van der Waals surface area contributed by atoms with Crippen molar-refractivity contribution < 1.29 is 0 Å². The number of rotatable bonds is 5. The van der Waals surface area contributed by atoms with Crippen molar-refractivity contribution in [1.82, 2.24) is 29.9 Å². The fourth-order valence-electron chi connectivity index (χ4n) is 2.84. The Morgan fingerprint density at radius 1 is 0.643 bits per heavy atom. The Kier molecular flexibility index (Phi) is 4.72. The average molecular weight is 374 g/mol.